The predicted molar refractivity (Wildman–Crippen MR) is 89.1 cm³/mol. The van der Waals surface area contributed by atoms with Crippen LogP contribution in [0.2, 0.25) is 0 Å². The highest BCUT2D eigenvalue weighted by Gasteiger charge is 2.35. The Bertz CT molecular complexity index is 588. The Kier molecular flexibility index (Phi) is 6.35. The molecule has 2 atom stereocenters. The molecule has 6 nitrogen and oxygen atoms in total. The molecule has 1 aromatic carbocycles. The Morgan fingerprint density at radius 1 is 1.33 bits per heavy atom. The monoisotopic (exact) mass is 332 g/mol. The van der Waals surface area contributed by atoms with Gasteiger partial charge in [-0.25, -0.2) is 4.79 Å². The molecular weight excluding hydrogens is 308 g/mol. The first-order valence-electron chi connectivity index (χ1n) is 8.30. The van der Waals surface area contributed by atoms with Crippen molar-refractivity contribution in [1.82, 2.24) is 10.2 Å². The molecule has 24 heavy (non-hydrogen) atoms. The zero-order valence-corrected chi connectivity index (χ0v) is 14.2. The number of nitrogens with zero attached hydrogens (tertiary/aromatic N) is 1. The quantitative estimate of drug-likeness (QED) is 0.760. The fourth-order valence-electron chi connectivity index (χ4n) is 2.73. The van der Waals surface area contributed by atoms with Crippen LogP contribution in [0.15, 0.2) is 30.3 Å². The minimum Gasteiger partial charge on any atom is -0.464 e. The van der Waals surface area contributed by atoms with Crippen LogP contribution >= 0.6 is 0 Å². The van der Waals surface area contributed by atoms with Crippen LogP contribution < -0.4 is 5.32 Å². The number of carbonyl (C=O) groups excluding carboxylic acids is 3. The molecule has 1 aliphatic heterocycles. The molecule has 2 amide bonds. The Morgan fingerprint density at radius 3 is 2.71 bits per heavy atom. The van der Waals surface area contributed by atoms with Crippen LogP contribution in [0.25, 0.3) is 0 Å². The van der Waals surface area contributed by atoms with Crippen molar-refractivity contribution < 1.29 is 19.1 Å². The summed E-state index contributed by atoms with van der Waals surface area (Å²) in [5.74, 6) is -1.16. The number of likely N-dealkylation sites (tertiary alicyclic amines) is 1. The average molecular weight is 332 g/mol. The minimum absolute atomic E-state index is 0.0186. The van der Waals surface area contributed by atoms with Gasteiger partial charge in [-0.1, -0.05) is 30.3 Å². The molecule has 0 bridgehead atoms. The molecule has 1 N–H and O–H groups in total. The Morgan fingerprint density at radius 2 is 2.04 bits per heavy atom. The predicted octanol–water partition coefficient (Wildman–Crippen LogP) is 1.15. The Hall–Kier alpha value is -2.37. The van der Waals surface area contributed by atoms with Crippen LogP contribution in [0.5, 0.6) is 0 Å². The molecule has 2 rings (SSSR count). The van der Waals surface area contributed by atoms with Crippen LogP contribution in [0.4, 0.5) is 0 Å². The van der Waals surface area contributed by atoms with Gasteiger partial charge in [0.2, 0.25) is 11.8 Å². The van der Waals surface area contributed by atoms with Gasteiger partial charge in [-0.05, 0) is 25.8 Å². The zero-order valence-electron chi connectivity index (χ0n) is 14.2. The maximum atomic E-state index is 12.2. The third kappa shape index (κ3) is 4.81. The van der Waals surface area contributed by atoms with Crippen LogP contribution in [0.3, 0.4) is 0 Å². The lowest BCUT2D eigenvalue weighted by Gasteiger charge is -2.18. The van der Waals surface area contributed by atoms with Crippen LogP contribution in [0, 0.1) is 5.92 Å². The first-order chi connectivity index (χ1) is 11.5. The van der Waals surface area contributed by atoms with E-state index in [4.69, 9.17) is 4.74 Å². The van der Waals surface area contributed by atoms with Crippen LogP contribution in [0.1, 0.15) is 25.8 Å². The minimum atomic E-state index is -0.703. The van der Waals surface area contributed by atoms with E-state index in [2.05, 4.69) is 5.32 Å². The lowest BCUT2D eigenvalue weighted by atomic mass is 10.1. The van der Waals surface area contributed by atoms with E-state index in [1.54, 1.807) is 18.7 Å². The van der Waals surface area contributed by atoms with Gasteiger partial charge in [-0.15, -0.1) is 0 Å². The van der Waals surface area contributed by atoms with Gasteiger partial charge in [0.05, 0.1) is 12.5 Å². The fourth-order valence-corrected chi connectivity index (χ4v) is 2.73. The smallest absolute Gasteiger partial charge is 0.328 e. The van der Waals surface area contributed by atoms with E-state index in [0.717, 1.165) is 12.0 Å². The second-order valence-corrected chi connectivity index (χ2v) is 5.96. The number of carbonyl (C=O) groups is 3. The molecule has 1 fully saturated rings. The molecule has 1 heterocycles. The van der Waals surface area contributed by atoms with Crippen molar-refractivity contribution in [3.8, 4) is 0 Å². The van der Waals surface area contributed by atoms with Gasteiger partial charge in [0.25, 0.3) is 0 Å². The lowest BCUT2D eigenvalue weighted by molar-refractivity contribution is -0.147. The number of rotatable bonds is 7. The molecular formula is C18H24N2O4. The molecule has 130 valence electrons. The maximum Gasteiger partial charge on any atom is 0.328 e. The summed E-state index contributed by atoms with van der Waals surface area (Å²) in [6.07, 6.45) is 0.955. The average Bonchev–Trinajstić information content (AvgIpc) is 2.95. The van der Waals surface area contributed by atoms with Crippen molar-refractivity contribution in [2.75, 3.05) is 19.7 Å². The van der Waals surface area contributed by atoms with E-state index in [-0.39, 0.29) is 24.8 Å². The van der Waals surface area contributed by atoms with E-state index in [1.807, 2.05) is 30.3 Å². The van der Waals surface area contributed by atoms with Crippen molar-refractivity contribution in [2.45, 2.75) is 32.7 Å². The van der Waals surface area contributed by atoms with Crippen molar-refractivity contribution >= 4 is 17.8 Å². The summed E-state index contributed by atoms with van der Waals surface area (Å²) in [6, 6.07) is 9.22. The highest BCUT2D eigenvalue weighted by atomic mass is 16.5. The van der Waals surface area contributed by atoms with Crippen molar-refractivity contribution in [3.63, 3.8) is 0 Å². The molecule has 0 aromatic heterocycles. The summed E-state index contributed by atoms with van der Waals surface area (Å²) in [5.41, 5.74) is 1.16. The zero-order chi connectivity index (χ0) is 17.5. The summed E-state index contributed by atoms with van der Waals surface area (Å²) in [6.45, 7) is 4.56. The standard InChI is InChI=1S/C18H24N2O4/c1-3-24-18(23)13(2)19-17(22)15-11-16(21)20(12-15)10-9-14-7-5-4-6-8-14/h4-8,13,15H,3,9-12H2,1-2H3,(H,19,22)/t13-,15-/m0/s1. The summed E-state index contributed by atoms with van der Waals surface area (Å²) >= 11 is 0. The van der Waals surface area contributed by atoms with E-state index < -0.39 is 17.9 Å². The highest BCUT2D eigenvalue weighted by Crippen LogP contribution is 2.18. The van der Waals surface area contributed by atoms with Crippen LogP contribution in [-0.2, 0) is 25.5 Å². The number of nitrogens with one attached hydrogen (secondary N) is 1. The Balaban J connectivity index is 1.82. The van der Waals surface area contributed by atoms with Gasteiger partial charge in [0.1, 0.15) is 6.04 Å². The van der Waals surface area contributed by atoms with Crippen molar-refractivity contribution in [1.29, 1.82) is 0 Å². The maximum absolute atomic E-state index is 12.2. The number of hydrogen-bond donors (Lipinski definition) is 1. The molecule has 0 aliphatic carbocycles. The second kappa shape index (κ2) is 8.47. The van der Waals surface area contributed by atoms with Gasteiger partial charge in [0, 0.05) is 19.5 Å². The van der Waals surface area contributed by atoms with Gasteiger partial charge in [0.15, 0.2) is 0 Å². The van der Waals surface area contributed by atoms with E-state index in [9.17, 15) is 14.4 Å². The molecule has 1 saturated heterocycles. The number of ether oxygens (including phenoxy) is 1. The number of esters is 1. The van der Waals surface area contributed by atoms with Gasteiger partial charge in [-0.3, -0.25) is 9.59 Å². The molecule has 6 heteroatoms. The number of amides is 2. The number of benzene rings is 1. The molecule has 0 radical (unpaired) electrons. The molecule has 1 aromatic rings. The van der Waals surface area contributed by atoms with Crippen LogP contribution in [-0.4, -0.2) is 48.4 Å². The number of hydrogen-bond acceptors (Lipinski definition) is 4. The summed E-state index contributed by atoms with van der Waals surface area (Å²) in [5, 5.41) is 2.63. The summed E-state index contributed by atoms with van der Waals surface area (Å²) in [7, 11) is 0. The van der Waals surface area contributed by atoms with E-state index >= 15 is 0 Å². The third-order valence-corrected chi connectivity index (χ3v) is 4.10. The van der Waals surface area contributed by atoms with Crippen molar-refractivity contribution in [2.24, 2.45) is 5.92 Å². The topological polar surface area (TPSA) is 75.7 Å². The SMILES string of the molecule is CCOC(=O)[C@H](C)NC(=O)[C@H]1CC(=O)N(CCc2ccccc2)C1. The normalized spacial score (nSPS) is 18.3. The fraction of sp³-hybridized carbons (Fsp3) is 0.500. The largest absolute Gasteiger partial charge is 0.464 e. The van der Waals surface area contributed by atoms with E-state index in [1.165, 1.54) is 0 Å². The van der Waals surface area contributed by atoms with Gasteiger partial charge < -0.3 is 15.0 Å². The first-order valence-corrected chi connectivity index (χ1v) is 8.30. The Labute approximate surface area is 142 Å². The molecule has 0 unspecified atom stereocenters. The molecule has 0 saturated carbocycles. The highest BCUT2D eigenvalue weighted by molar-refractivity contribution is 5.91. The molecule has 0 spiro atoms. The summed E-state index contributed by atoms with van der Waals surface area (Å²) in [4.78, 5) is 37.6. The van der Waals surface area contributed by atoms with Crippen molar-refractivity contribution in [3.05, 3.63) is 35.9 Å². The molecule has 1 aliphatic rings. The summed E-state index contributed by atoms with van der Waals surface area (Å²) < 4.78 is 4.87. The van der Waals surface area contributed by atoms with E-state index in [0.29, 0.717) is 13.1 Å². The van der Waals surface area contributed by atoms with Gasteiger partial charge >= 0.3 is 5.97 Å². The lowest BCUT2D eigenvalue weighted by Crippen LogP contribution is -2.43. The first kappa shape index (κ1) is 18.0. The second-order valence-electron chi connectivity index (χ2n) is 5.96. The third-order valence-electron chi connectivity index (χ3n) is 4.10. The van der Waals surface area contributed by atoms with Gasteiger partial charge in [-0.2, -0.15) is 0 Å².